The number of fused-ring (bicyclic) bond motifs is 1. The van der Waals surface area contributed by atoms with Crippen molar-refractivity contribution in [2.24, 2.45) is 0 Å². The number of carbonyl (C=O) groups excluding carboxylic acids is 1. The second kappa shape index (κ2) is 4.61. The molecule has 0 atom stereocenters. The first-order valence-electron chi connectivity index (χ1n) is 6.51. The molecule has 1 aromatic carbocycles. The molecule has 3 rings (SSSR count). The van der Waals surface area contributed by atoms with E-state index in [4.69, 9.17) is 4.74 Å². The van der Waals surface area contributed by atoms with Gasteiger partial charge in [-0.3, -0.25) is 4.79 Å². The highest BCUT2D eigenvalue weighted by Crippen LogP contribution is 2.32. The first-order valence-corrected chi connectivity index (χ1v) is 6.51. The number of hydrogen-bond donors (Lipinski definition) is 1. The van der Waals surface area contributed by atoms with Gasteiger partial charge in [-0.25, -0.2) is 0 Å². The second-order valence-electron chi connectivity index (χ2n) is 4.99. The number of benzene rings is 1. The molecule has 2 aliphatic rings. The average molecular weight is 246 g/mol. The Labute approximate surface area is 107 Å². The lowest BCUT2D eigenvalue weighted by atomic mass is 10.1. The van der Waals surface area contributed by atoms with E-state index in [1.807, 2.05) is 25.2 Å². The van der Waals surface area contributed by atoms with E-state index < -0.39 is 0 Å². The largest absolute Gasteiger partial charge is 0.490 e. The summed E-state index contributed by atoms with van der Waals surface area (Å²) in [6.07, 6.45) is 2.91. The lowest BCUT2D eigenvalue weighted by Crippen LogP contribution is -2.34. The molecule has 2 heterocycles. The van der Waals surface area contributed by atoms with E-state index >= 15 is 0 Å². The third-order valence-corrected chi connectivity index (χ3v) is 3.72. The number of amides is 1. The molecule has 0 spiro atoms. The van der Waals surface area contributed by atoms with E-state index in [2.05, 4.69) is 5.32 Å². The molecule has 1 aromatic rings. The summed E-state index contributed by atoms with van der Waals surface area (Å²) in [5.74, 6) is 1.03. The van der Waals surface area contributed by atoms with Crippen LogP contribution in [-0.2, 0) is 11.2 Å². The fourth-order valence-corrected chi connectivity index (χ4v) is 2.60. The predicted molar refractivity (Wildman–Crippen MR) is 70.1 cm³/mol. The van der Waals surface area contributed by atoms with E-state index in [-0.39, 0.29) is 5.91 Å². The molecule has 1 fully saturated rings. The number of ether oxygens (including phenoxy) is 1. The van der Waals surface area contributed by atoms with Gasteiger partial charge in [-0.2, -0.15) is 0 Å². The number of hydrogen-bond acceptors (Lipinski definition) is 3. The van der Waals surface area contributed by atoms with E-state index in [1.165, 1.54) is 0 Å². The predicted octanol–water partition coefficient (Wildman–Crippen LogP) is 1.34. The highest BCUT2D eigenvalue weighted by Gasteiger charge is 2.24. The van der Waals surface area contributed by atoms with Gasteiger partial charge in [0.05, 0.1) is 12.1 Å². The normalized spacial score (nSPS) is 20.1. The molecule has 0 saturated carbocycles. The number of likely N-dealkylation sites (N-methyl/N-ethyl adjacent to an activating group) is 1. The van der Waals surface area contributed by atoms with Crippen LogP contribution in [0.4, 0.5) is 5.69 Å². The first-order chi connectivity index (χ1) is 8.74. The second-order valence-corrected chi connectivity index (χ2v) is 4.99. The van der Waals surface area contributed by atoms with Gasteiger partial charge in [-0.1, -0.05) is 6.07 Å². The fraction of sp³-hybridized carbons (Fsp3) is 0.500. The Balaban J connectivity index is 1.76. The molecule has 0 bridgehead atoms. The molecule has 0 aliphatic carbocycles. The van der Waals surface area contributed by atoms with Crippen LogP contribution in [0, 0.1) is 0 Å². The lowest BCUT2D eigenvalue weighted by molar-refractivity contribution is -0.117. The Morgan fingerprint density at radius 2 is 2.11 bits per heavy atom. The zero-order chi connectivity index (χ0) is 12.5. The number of nitrogens with one attached hydrogen (secondary N) is 1. The Bertz CT molecular complexity index is 467. The molecule has 0 radical (unpaired) electrons. The minimum absolute atomic E-state index is 0.156. The Kier molecular flexibility index (Phi) is 2.96. The van der Waals surface area contributed by atoms with Crippen LogP contribution in [0.2, 0.25) is 0 Å². The summed E-state index contributed by atoms with van der Waals surface area (Å²) >= 11 is 0. The standard InChI is InChI=1S/C14H18N2O2/c1-16-13-9-12(3-2-10(13)8-14(16)17)18-11-4-6-15-7-5-11/h2-3,9,11,15H,4-8H2,1H3. The van der Waals surface area contributed by atoms with Crippen LogP contribution in [-0.4, -0.2) is 32.1 Å². The van der Waals surface area contributed by atoms with Crippen molar-refractivity contribution in [3.63, 3.8) is 0 Å². The summed E-state index contributed by atoms with van der Waals surface area (Å²) in [5, 5.41) is 3.32. The van der Waals surface area contributed by atoms with Gasteiger partial charge in [0.1, 0.15) is 11.9 Å². The van der Waals surface area contributed by atoms with Crippen molar-refractivity contribution in [1.29, 1.82) is 0 Å². The van der Waals surface area contributed by atoms with Crippen molar-refractivity contribution in [3.05, 3.63) is 23.8 Å². The highest BCUT2D eigenvalue weighted by atomic mass is 16.5. The van der Waals surface area contributed by atoms with Gasteiger partial charge in [-0.05, 0) is 37.6 Å². The Morgan fingerprint density at radius 3 is 2.89 bits per heavy atom. The minimum atomic E-state index is 0.156. The number of rotatable bonds is 2. The number of nitrogens with zero attached hydrogens (tertiary/aromatic N) is 1. The molecule has 18 heavy (non-hydrogen) atoms. The third kappa shape index (κ3) is 2.08. The SMILES string of the molecule is CN1C(=O)Cc2ccc(OC3CCNCC3)cc21. The molecule has 2 aliphatic heterocycles. The molecular weight excluding hydrogens is 228 g/mol. The van der Waals surface area contributed by atoms with Crippen molar-refractivity contribution in [1.82, 2.24) is 5.32 Å². The van der Waals surface area contributed by atoms with Gasteiger partial charge in [0.2, 0.25) is 5.91 Å². The average Bonchev–Trinajstić information content (AvgIpc) is 2.67. The molecule has 1 amide bonds. The molecule has 0 aromatic heterocycles. The van der Waals surface area contributed by atoms with Gasteiger partial charge in [0.25, 0.3) is 0 Å². The quantitative estimate of drug-likeness (QED) is 0.856. The van der Waals surface area contributed by atoms with Crippen molar-refractivity contribution in [2.45, 2.75) is 25.4 Å². The number of piperidine rings is 1. The molecule has 1 N–H and O–H groups in total. The minimum Gasteiger partial charge on any atom is -0.490 e. The summed E-state index contributed by atoms with van der Waals surface area (Å²) in [5.41, 5.74) is 2.09. The van der Waals surface area contributed by atoms with E-state index in [1.54, 1.807) is 4.90 Å². The lowest BCUT2D eigenvalue weighted by Gasteiger charge is -2.24. The van der Waals surface area contributed by atoms with E-state index in [0.717, 1.165) is 42.9 Å². The number of carbonyl (C=O) groups is 1. The molecule has 1 saturated heterocycles. The fourth-order valence-electron chi connectivity index (χ4n) is 2.60. The van der Waals surface area contributed by atoms with Gasteiger partial charge in [0, 0.05) is 13.1 Å². The first kappa shape index (κ1) is 11.5. The summed E-state index contributed by atoms with van der Waals surface area (Å²) in [7, 11) is 1.82. The smallest absolute Gasteiger partial charge is 0.231 e. The molecule has 4 nitrogen and oxygen atoms in total. The summed E-state index contributed by atoms with van der Waals surface area (Å²) < 4.78 is 5.99. The van der Waals surface area contributed by atoms with E-state index in [0.29, 0.717) is 12.5 Å². The summed E-state index contributed by atoms with van der Waals surface area (Å²) in [6, 6.07) is 5.97. The van der Waals surface area contributed by atoms with Gasteiger partial charge >= 0.3 is 0 Å². The van der Waals surface area contributed by atoms with Crippen molar-refractivity contribution >= 4 is 11.6 Å². The third-order valence-electron chi connectivity index (χ3n) is 3.72. The molecule has 0 unspecified atom stereocenters. The van der Waals surface area contributed by atoms with Crippen molar-refractivity contribution in [2.75, 3.05) is 25.0 Å². The van der Waals surface area contributed by atoms with Gasteiger partial charge in [0.15, 0.2) is 0 Å². The zero-order valence-corrected chi connectivity index (χ0v) is 10.6. The van der Waals surface area contributed by atoms with E-state index in [9.17, 15) is 4.79 Å². The van der Waals surface area contributed by atoms with Gasteiger partial charge in [-0.15, -0.1) is 0 Å². The van der Waals surface area contributed by atoms with Crippen LogP contribution >= 0.6 is 0 Å². The topological polar surface area (TPSA) is 41.6 Å². The Hall–Kier alpha value is -1.55. The molecule has 4 heteroatoms. The van der Waals surface area contributed by atoms with Crippen LogP contribution in [0.25, 0.3) is 0 Å². The maximum Gasteiger partial charge on any atom is 0.231 e. The van der Waals surface area contributed by atoms with Crippen LogP contribution in [0.5, 0.6) is 5.75 Å². The zero-order valence-electron chi connectivity index (χ0n) is 10.6. The van der Waals surface area contributed by atoms with Gasteiger partial charge < -0.3 is 15.0 Å². The monoisotopic (exact) mass is 246 g/mol. The number of anilines is 1. The van der Waals surface area contributed by atoms with Crippen molar-refractivity contribution < 1.29 is 9.53 Å². The summed E-state index contributed by atoms with van der Waals surface area (Å²) in [4.78, 5) is 13.3. The van der Waals surface area contributed by atoms with Crippen molar-refractivity contribution in [3.8, 4) is 5.75 Å². The maximum absolute atomic E-state index is 11.6. The highest BCUT2D eigenvalue weighted by molar-refractivity contribution is 6.01. The Morgan fingerprint density at radius 1 is 1.33 bits per heavy atom. The summed E-state index contributed by atoms with van der Waals surface area (Å²) in [6.45, 7) is 2.04. The van der Waals surface area contributed by atoms with Crippen LogP contribution in [0.3, 0.4) is 0 Å². The van der Waals surface area contributed by atoms with Crippen LogP contribution in [0.15, 0.2) is 18.2 Å². The van der Waals surface area contributed by atoms with Crippen LogP contribution in [0.1, 0.15) is 18.4 Å². The van der Waals surface area contributed by atoms with Crippen LogP contribution < -0.4 is 15.0 Å². The molecule has 96 valence electrons. The molecular formula is C14H18N2O2. The maximum atomic E-state index is 11.6.